The minimum atomic E-state index is -0.0196. The van der Waals surface area contributed by atoms with E-state index in [1.54, 1.807) is 11.5 Å². The fraction of sp³-hybridized carbons (Fsp3) is 0.118. The highest BCUT2D eigenvalue weighted by atomic mass is 32.1. The van der Waals surface area contributed by atoms with Gasteiger partial charge in [0, 0.05) is 32.9 Å². The van der Waals surface area contributed by atoms with Crippen LogP contribution in [0.15, 0.2) is 103 Å². The summed E-state index contributed by atoms with van der Waals surface area (Å²) in [5, 5.41) is 6.05. The largest absolute Gasteiger partial charge is 0.208 e. The molecule has 0 radical (unpaired) electrons. The summed E-state index contributed by atoms with van der Waals surface area (Å²) in [4.78, 5) is 14.8. The lowest BCUT2D eigenvalue weighted by Crippen LogP contribution is -2.11. The molecule has 5 aromatic carbocycles. The van der Waals surface area contributed by atoms with Crippen LogP contribution in [0.3, 0.4) is 0 Å². The maximum atomic E-state index is 4.95. The van der Waals surface area contributed by atoms with E-state index in [9.17, 15) is 0 Å². The number of fused-ring (bicyclic) bond motifs is 5. The molecule has 0 aliphatic rings. The summed E-state index contributed by atoms with van der Waals surface area (Å²) in [6, 6.07) is 35.5. The summed E-state index contributed by atoms with van der Waals surface area (Å²) in [5.41, 5.74) is 4.02. The Bertz CT molecular complexity index is 1930. The van der Waals surface area contributed by atoms with Crippen LogP contribution in [-0.2, 0) is 5.41 Å². The number of benzene rings is 5. The van der Waals surface area contributed by atoms with Crippen LogP contribution in [0, 0.1) is 0 Å². The van der Waals surface area contributed by atoms with Gasteiger partial charge in [-0.1, -0.05) is 118 Å². The highest BCUT2D eigenvalue weighted by molar-refractivity contribution is 7.14. The Morgan fingerprint density at radius 2 is 1.08 bits per heavy atom. The monoisotopic (exact) mass is 522 g/mol. The Morgan fingerprint density at radius 1 is 0.538 bits per heavy atom. The average molecular weight is 523 g/mol. The fourth-order valence-corrected chi connectivity index (χ4v) is 6.29. The summed E-state index contributed by atoms with van der Waals surface area (Å²) in [5.74, 6) is 1.99. The first kappa shape index (κ1) is 23.6. The van der Waals surface area contributed by atoms with Crippen molar-refractivity contribution in [3.8, 4) is 34.2 Å². The molecule has 2 heterocycles. The molecule has 0 unspecified atom stereocenters. The van der Waals surface area contributed by atoms with Crippen molar-refractivity contribution in [2.24, 2.45) is 0 Å². The van der Waals surface area contributed by atoms with Crippen LogP contribution < -0.4 is 0 Å². The molecule has 7 rings (SSSR count). The van der Waals surface area contributed by atoms with Gasteiger partial charge in [-0.2, -0.15) is 4.37 Å². The Labute approximate surface area is 231 Å². The second-order valence-electron chi connectivity index (χ2n) is 10.9. The van der Waals surface area contributed by atoms with Crippen molar-refractivity contribution in [3.63, 3.8) is 0 Å². The van der Waals surface area contributed by atoms with E-state index in [1.807, 2.05) is 60.7 Å². The second-order valence-corrected chi connectivity index (χ2v) is 11.6. The highest BCUT2D eigenvalue weighted by Crippen LogP contribution is 2.40. The quantitative estimate of drug-likeness (QED) is 0.217. The molecule has 0 atom stereocenters. The lowest BCUT2D eigenvalue weighted by Gasteiger charge is -2.16. The Kier molecular flexibility index (Phi) is 5.49. The number of rotatable bonds is 3. The van der Waals surface area contributed by atoms with E-state index < -0.39 is 0 Å². The van der Waals surface area contributed by atoms with Crippen LogP contribution in [0.5, 0.6) is 0 Å². The number of hydrogen-bond acceptors (Lipinski definition) is 5. The van der Waals surface area contributed by atoms with Crippen molar-refractivity contribution in [1.82, 2.24) is 19.3 Å². The third-order valence-corrected chi connectivity index (χ3v) is 7.99. The van der Waals surface area contributed by atoms with Gasteiger partial charge >= 0.3 is 0 Å². The van der Waals surface area contributed by atoms with Crippen molar-refractivity contribution < 1.29 is 0 Å². The van der Waals surface area contributed by atoms with Gasteiger partial charge < -0.3 is 0 Å². The summed E-state index contributed by atoms with van der Waals surface area (Å²) in [6.45, 7) is 6.67. The Hall–Kier alpha value is -4.48. The van der Waals surface area contributed by atoms with Crippen LogP contribution in [0.25, 0.3) is 65.8 Å². The first-order valence-electron chi connectivity index (χ1n) is 13.1. The number of aromatic nitrogens is 4. The molecule has 0 fully saturated rings. The molecule has 5 heteroatoms. The van der Waals surface area contributed by atoms with Crippen molar-refractivity contribution in [1.29, 1.82) is 0 Å². The highest BCUT2D eigenvalue weighted by Gasteiger charge is 2.22. The molecule has 0 aliphatic carbocycles. The van der Waals surface area contributed by atoms with E-state index in [0.29, 0.717) is 17.5 Å². The molecule has 0 saturated carbocycles. The summed E-state index contributed by atoms with van der Waals surface area (Å²) in [6.07, 6.45) is 0. The third kappa shape index (κ3) is 4.16. The van der Waals surface area contributed by atoms with E-state index in [4.69, 9.17) is 19.3 Å². The normalized spacial score (nSPS) is 12.0. The Morgan fingerprint density at radius 3 is 1.69 bits per heavy atom. The minimum Gasteiger partial charge on any atom is -0.208 e. The molecule has 2 aromatic heterocycles. The first-order valence-corrected chi connectivity index (χ1v) is 13.9. The molecule has 0 spiro atoms. The van der Waals surface area contributed by atoms with Gasteiger partial charge in [-0.25, -0.2) is 15.0 Å². The Balaban J connectivity index is 1.48. The molecule has 0 saturated heterocycles. The minimum absolute atomic E-state index is 0.0196. The van der Waals surface area contributed by atoms with E-state index in [0.717, 1.165) is 22.4 Å². The molecule has 0 bridgehead atoms. The molecular weight excluding hydrogens is 496 g/mol. The smallest absolute Gasteiger partial charge is 0.164 e. The molecule has 7 aromatic rings. The van der Waals surface area contributed by atoms with Crippen molar-refractivity contribution in [2.75, 3.05) is 0 Å². The molecule has 0 N–H and O–H groups in total. The SMILES string of the molecule is CC(C)(C)c1nsc2c1ccc1ccc3ccc(-c4nc(-c5ccccc5)nc(-c5ccccc5)n4)cc3c12. The van der Waals surface area contributed by atoms with Gasteiger partial charge in [0.05, 0.1) is 10.4 Å². The zero-order valence-corrected chi connectivity index (χ0v) is 22.8. The lowest BCUT2D eigenvalue weighted by atomic mass is 9.89. The molecule has 0 amide bonds. The predicted octanol–water partition coefficient (Wildman–Crippen LogP) is 9.09. The molecule has 188 valence electrons. The zero-order valence-electron chi connectivity index (χ0n) is 22.0. The van der Waals surface area contributed by atoms with Gasteiger partial charge in [-0.15, -0.1) is 0 Å². The number of hydrogen-bond donors (Lipinski definition) is 0. The summed E-state index contributed by atoms with van der Waals surface area (Å²) >= 11 is 1.60. The van der Waals surface area contributed by atoms with Crippen LogP contribution in [0.1, 0.15) is 26.5 Å². The van der Waals surface area contributed by atoms with E-state index in [1.165, 1.54) is 31.6 Å². The lowest BCUT2D eigenvalue weighted by molar-refractivity contribution is 0.581. The van der Waals surface area contributed by atoms with E-state index >= 15 is 0 Å². The fourth-order valence-electron chi connectivity index (χ4n) is 5.15. The van der Waals surface area contributed by atoms with Crippen LogP contribution in [-0.4, -0.2) is 19.3 Å². The van der Waals surface area contributed by atoms with Gasteiger partial charge in [0.1, 0.15) is 0 Å². The molecule has 4 nitrogen and oxygen atoms in total. The second kappa shape index (κ2) is 9.07. The standard InChI is InChI=1S/C34H26N4S/c1-34(2,3)30-26-19-18-22-16-14-21-15-17-25(20-27(21)28(22)29(26)39-38-30)33-36-31(23-10-6-4-7-11-23)35-32(37-33)24-12-8-5-9-13-24/h4-20H,1-3H3. The van der Waals surface area contributed by atoms with Gasteiger partial charge in [-0.05, 0) is 33.8 Å². The molecule has 0 aliphatic heterocycles. The zero-order chi connectivity index (χ0) is 26.6. The van der Waals surface area contributed by atoms with E-state index in [2.05, 4.69) is 63.2 Å². The number of nitrogens with zero attached hydrogens (tertiary/aromatic N) is 4. The van der Waals surface area contributed by atoms with Gasteiger partial charge in [0.25, 0.3) is 0 Å². The van der Waals surface area contributed by atoms with Gasteiger partial charge in [0.15, 0.2) is 17.5 Å². The van der Waals surface area contributed by atoms with Gasteiger partial charge in [0.2, 0.25) is 0 Å². The van der Waals surface area contributed by atoms with Crippen molar-refractivity contribution >= 4 is 43.2 Å². The molecular formula is C34H26N4S. The maximum Gasteiger partial charge on any atom is 0.164 e. The maximum absolute atomic E-state index is 4.95. The first-order chi connectivity index (χ1) is 19.0. The van der Waals surface area contributed by atoms with Crippen LogP contribution in [0.4, 0.5) is 0 Å². The topological polar surface area (TPSA) is 51.6 Å². The molecule has 39 heavy (non-hydrogen) atoms. The average Bonchev–Trinajstić information content (AvgIpc) is 3.43. The third-order valence-electron chi connectivity index (χ3n) is 7.11. The predicted molar refractivity (Wildman–Crippen MR) is 163 cm³/mol. The summed E-state index contributed by atoms with van der Waals surface area (Å²) in [7, 11) is 0. The van der Waals surface area contributed by atoms with Gasteiger partial charge in [-0.3, -0.25) is 0 Å². The van der Waals surface area contributed by atoms with Crippen LogP contribution >= 0.6 is 11.5 Å². The van der Waals surface area contributed by atoms with Crippen molar-refractivity contribution in [3.05, 3.63) is 109 Å². The van der Waals surface area contributed by atoms with Crippen molar-refractivity contribution in [2.45, 2.75) is 26.2 Å². The van der Waals surface area contributed by atoms with Crippen LogP contribution in [0.2, 0.25) is 0 Å². The van der Waals surface area contributed by atoms with E-state index in [-0.39, 0.29) is 5.41 Å². The summed E-state index contributed by atoms with van der Waals surface area (Å²) < 4.78 is 6.13.